The molecule has 6 rings (SSSR count). The normalized spacial score (nSPS) is 20.3. The molecule has 4 aliphatic rings. The average Bonchev–Trinajstić information content (AvgIpc) is 3.58. The maximum absolute atomic E-state index is 11.8. The van der Waals surface area contributed by atoms with Crippen molar-refractivity contribution in [3.8, 4) is 0 Å². The Bertz CT molecular complexity index is 2030. The molecule has 6 heterocycles. The van der Waals surface area contributed by atoms with Crippen LogP contribution in [0.4, 0.5) is 0 Å². The molecule has 6 bridgehead atoms. The predicted molar refractivity (Wildman–Crippen MR) is 175 cm³/mol. The van der Waals surface area contributed by atoms with Gasteiger partial charge >= 0.3 is 284 Å². The van der Waals surface area contributed by atoms with Gasteiger partial charge in [0.05, 0.1) is 0 Å². The molecule has 44 heavy (non-hydrogen) atoms. The van der Waals surface area contributed by atoms with E-state index in [2.05, 4.69) is 45.5 Å². The minimum atomic E-state index is -0.868. The van der Waals surface area contributed by atoms with Crippen LogP contribution in [0.25, 0.3) is 30.4 Å². The van der Waals surface area contributed by atoms with Crippen molar-refractivity contribution >= 4 is 81.0 Å². The standard InChI is InChI=1S/C34H34N4O4.Fe.Pb.2H/c1-7-21-17(3)25-13-26-19(5)23(9-11-33(39)40)31(37-26)16-32-24(10-12-34(41)42)20(6)28(38-32)15-30-22(8-2)18(4)27(36-30)14-29(21)35-25;;;;/h7-8,13-16H,1-2,9-12H2,3-6H3,(H4,35,36,37,38,39,40,41,42);;;;/q;+2;;;/p-2/b25-13?,26-13-,27-14?,28-15-,29-14-,30-15?,31-16-,32-16?;;;;. The molecule has 0 atom stereocenters. The molecule has 0 aromatic carbocycles. The summed E-state index contributed by atoms with van der Waals surface area (Å²) in [4.78, 5) is 33.4. The van der Waals surface area contributed by atoms with E-state index in [9.17, 15) is 19.8 Å². The summed E-state index contributed by atoms with van der Waals surface area (Å²) >= 11 is 0.463. The van der Waals surface area contributed by atoms with Crippen molar-refractivity contribution in [2.45, 2.75) is 53.4 Å². The Balaban J connectivity index is 0.00000384. The molecule has 0 unspecified atom stereocenters. The van der Waals surface area contributed by atoms with Crippen molar-refractivity contribution < 1.29 is 35.2 Å². The van der Waals surface area contributed by atoms with Crippen LogP contribution < -0.4 is 10.7 Å². The molecule has 0 amide bonds. The van der Waals surface area contributed by atoms with Crippen LogP contribution in [0, 0.1) is 13.8 Å². The summed E-state index contributed by atoms with van der Waals surface area (Å²) in [6.07, 6.45) is 12.7. The van der Waals surface area contributed by atoms with E-state index in [1.54, 1.807) is 0 Å². The Morgan fingerprint density at radius 2 is 1.43 bits per heavy atom. The summed E-state index contributed by atoms with van der Waals surface area (Å²) in [7, 11) is 0. The molecule has 2 N–H and O–H groups in total. The second kappa shape index (κ2) is 12.1. The third kappa shape index (κ3) is 5.14. The van der Waals surface area contributed by atoms with E-state index in [4.69, 9.17) is 9.98 Å². The van der Waals surface area contributed by atoms with Gasteiger partial charge in [-0.05, 0) is 0 Å². The van der Waals surface area contributed by atoms with Gasteiger partial charge in [-0.3, -0.25) is 0 Å². The Kier molecular flexibility index (Phi) is 8.76. The molecule has 2 aromatic heterocycles. The Hall–Kier alpha value is -3.54. The van der Waals surface area contributed by atoms with Crippen LogP contribution in [0.1, 0.15) is 66.8 Å². The molecule has 0 aliphatic carbocycles. The van der Waals surface area contributed by atoms with Gasteiger partial charge in [0, 0.05) is 0 Å². The van der Waals surface area contributed by atoms with Gasteiger partial charge in [0.25, 0.3) is 0 Å². The molecule has 0 saturated carbocycles. The number of aliphatic carboxylic acids is 2. The molecule has 0 fully saturated rings. The summed E-state index contributed by atoms with van der Waals surface area (Å²) in [5.41, 5.74) is 12.9. The number of rotatable bonds is 8. The molecule has 2 aromatic rings. The van der Waals surface area contributed by atoms with Crippen LogP contribution in [0.3, 0.4) is 0 Å². The number of carbonyl (C=O) groups is 2. The molecule has 10 heteroatoms. The zero-order valence-electron chi connectivity index (χ0n) is 25.3. The Labute approximate surface area is 282 Å². The van der Waals surface area contributed by atoms with Gasteiger partial charge in [-0.2, -0.15) is 0 Å². The number of carboxylic acid groups (broad SMARTS) is 2. The van der Waals surface area contributed by atoms with Gasteiger partial charge in [-0.25, -0.2) is 0 Å². The van der Waals surface area contributed by atoms with Crippen LogP contribution in [0.2, 0.25) is 0 Å². The monoisotopic (exact) mass is 826 g/mol. The number of hydrogen-bond donors (Lipinski definition) is 2. The van der Waals surface area contributed by atoms with E-state index in [0.29, 0.717) is 33.9 Å². The van der Waals surface area contributed by atoms with E-state index < -0.39 is 11.9 Å². The minimum absolute atomic E-state index is 0. The van der Waals surface area contributed by atoms with Gasteiger partial charge < -0.3 is 0 Å². The van der Waals surface area contributed by atoms with Crippen LogP contribution in [0.5, 0.6) is 0 Å². The fourth-order valence-corrected chi connectivity index (χ4v) is 7.77. The van der Waals surface area contributed by atoms with Crippen molar-refractivity contribution in [3.05, 3.63) is 97.3 Å². The predicted octanol–water partition coefficient (Wildman–Crippen LogP) is 3.82. The third-order valence-electron chi connectivity index (χ3n) is 8.55. The Morgan fingerprint density at radius 3 is 2.09 bits per heavy atom. The number of fused-ring (bicyclic) bond motifs is 2. The summed E-state index contributed by atoms with van der Waals surface area (Å²) < 4.78 is 4.47. The van der Waals surface area contributed by atoms with Gasteiger partial charge in [-0.1, -0.05) is 0 Å². The van der Waals surface area contributed by atoms with Crippen LogP contribution in [-0.2, 0) is 31.4 Å². The SMILES string of the molecule is C=CC1=C(C)C2=NC/1=C\c1c(C)c(C=C)c3[n]1[Fe][n]1/c(c(C)c(CCC(=O)O)/c1=C/C1=NC(=C\3)/C(C)=C1CCC(=O)O)=C\2.[PbH2]. The zero-order chi connectivity index (χ0) is 30.7. The second-order valence-electron chi connectivity index (χ2n) is 11.0. The quantitative estimate of drug-likeness (QED) is 0.395. The summed E-state index contributed by atoms with van der Waals surface area (Å²) in [6.45, 7) is 16.4. The van der Waals surface area contributed by atoms with Crippen LogP contribution in [-0.4, -0.2) is 68.0 Å². The number of allylic oxidation sites excluding steroid dienone is 4. The number of aromatic nitrogens is 2. The van der Waals surface area contributed by atoms with E-state index in [1.807, 2.05) is 39.0 Å². The first kappa shape index (κ1) is 31.9. The first-order chi connectivity index (χ1) is 20.5. The van der Waals surface area contributed by atoms with Crippen LogP contribution >= 0.6 is 0 Å². The fraction of sp³-hybridized carbons (Fsp3) is 0.235. The van der Waals surface area contributed by atoms with Gasteiger partial charge in [0.1, 0.15) is 0 Å². The van der Waals surface area contributed by atoms with E-state index in [0.717, 1.165) is 83.7 Å². The number of aliphatic imine (C=N–C) groups is 2. The molecule has 0 saturated heterocycles. The van der Waals surface area contributed by atoms with Crippen molar-refractivity contribution in [2.24, 2.45) is 9.98 Å². The second-order valence-corrected chi connectivity index (χ2v) is 12.2. The van der Waals surface area contributed by atoms with Gasteiger partial charge in [0.15, 0.2) is 0 Å². The fourth-order valence-electron chi connectivity index (χ4n) is 6.14. The van der Waals surface area contributed by atoms with Crippen molar-refractivity contribution in [1.29, 1.82) is 0 Å². The first-order valence-electron chi connectivity index (χ1n) is 14.1. The van der Waals surface area contributed by atoms with E-state index in [-0.39, 0.29) is 40.1 Å². The molecule has 4 aliphatic heterocycles. The molecule has 8 nitrogen and oxygen atoms in total. The molecular formula is C34H34FeN4O4Pb. The number of nitrogens with zero attached hydrogens (tertiary/aromatic N) is 4. The third-order valence-corrected chi connectivity index (χ3v) is 10.1. The number of carboxylic acids is 2. The van der Waals surface area contributed by atoms with Crippen molar-refractivity contribution in [1.82, 2.24) is 7.17 Å². The van der Waals surface area contributed by atoms with Crippen LogP contribution in [0.15, 0.2) is 62.9 Å². The average molecular weight is 826 g/mol. The topological polar surface area (TPSA) is 109 Å². The van der Waals surface area contributed by atoms with Gasteiger partial charge in [0.2, 0.25) is 0 Å². The summed E-state index contributed by atoms with van der Waals surface area (Å²) in [5.74, 6) is -1.74. The molecule has 2 radical (unpaired) electrons. The molecule has 226 valence electrons. The first-order valence-corrected chi connectivity index (χ1v) is 15.1. The molecule has 0 spiro atoms. The summed E-state index contributed by atoms with van der Waals surface area (Å²) in [5, 5.41) is 21.0. The number of hydrogen-bond acceptors (Lipinski definition) is 4. The van der Waals surface area contributed by atoms with E-state index >= 15 is 0 Å². The van der Waals surface area contributed by atoms with E-state index in [1.165, 1.54) is 0 Å². The maximum atomic E-state index is 11.8. The molecular weight excluding hydrogens is 791 g/mol. The van der Waals surface area contributed by atoms with Crippen molar-refractivity contribution in [3.63, 3.8) is 0 Å². The van der Waals surface area contributed by atoms with Gasteiger partial charge in [-0.15, -0.1) is 0 Å². The summed E-state index contributed by atoms with van der Waals surface area (Å²) in [6, 6.07) is 0. The van der Waals surface area contributed by atoms with Crippen molar-refractivity contribution in [2.75, 3.05) is 0 Å². The zero-order valence-corrected chi connectivity index (χ0v) is 31.9. The Morgan fingerprint density at radius 1 is 0.795 bits per heavy atom.